The van der Waals surface area contributed by atoms with E-state index in [1.807, 2.05) is 12.1 Å². The average molecular weight is 228 g/mol. The van der Waals surface area contributed by atoms with E-state index in [2.05, 4.69) is 4.98 Å². The number of hydrogen-bond acceptors (Lipinski definition) is 2. The van der Waals surface area contributed by atoms with Crippen LogP contribution in [0.15, 0.2) is 24.3 Å². The smallest absolute Gasteiger partial charge is 0.135 e. The van der Waals surface area contributed by atoms with Crippen molar-refractivity contribution in [2.75, 3.05) is 0 Å². The summed E-state index contributed by atoms with van der Waals surface area (Å²) in [5.74, 6) is 0. The Morgan fingerprint density at radius 3 is 2.79 bits per heavy atom. The van der Waals surface area contributed by atoms with Gasteiger partial charge in [0, 0.05) is 16.0 Å². The van der Waals surface area contributed by atoms with Gasteiger partial charge < -0.3 is 5.11 Å². The van der Waals surface area contributed by atoms with Crippen LogP contribution in [0.3, 0.4) is 0 Å². The van der Waals surface area contributed by atoms with E-state index in [0.29, 0.717) is 15.7 Å². The van der Waals surface area contributed by atoms with E-state index in [1.165, 1.54) is 0 Å². The summed E-state index contributed by atoms with van der Waals surface area (Å²) in [5, 5.41) is 10.7. The van der Waals surface area contributed by atoms with Gasteiger partial charge in [-0.25, -0.2) is 4.98 Å². The summed E-state index contributed by atoms with van der Waals surface area (Å²) in [5.41, 5.74) is 1.33. The van der Waals surface area contributed by atoms with E-state index in [0.717, 1.165) is 10.9 Å². The molecule has 0 bridgehead atoms. The Balaban J connectivity index is 2.80. The monoisotopic (exact) mass is 227 g/mol. The molecule has 0 radical (unpaired) electrons. The third kappa shape index (κ3) is 1.57. The van der Waals surface area contributed by atoms with Crippen LogP contribution in [0.2, 0.25) is 10.2 Å². The zero-order valence-electron chi connectivity index (χ0n) is 7.17. The van der Waals surface area contributed by atoms with Gasteiger partial charge >= 0.3 is 0 Å². The van der Waals surface area contributed by atoms with Gasteiger partial charge in [0.2, 0.25) is 0 Å². The van der Waals surface area contributed by atoms with Gasteiger partial charge in [0.25, 0.3) is 0 Å². The molecular weight excluding hydrogens is 221 g/mol. The van der Waals surface area contributed by atoms with Crippen molar-refractivity contribution in [3.8, 4) is 0 Å². The molecule has 0 atom stereocenters. The third-order valence-corrected chi connectivity index (χ3v) is 2.66. The molecule has 1 N–H and O–H groups in total. The number of rotatable bonds is 1. The molecule has 0 amide bonds. The molecule has 2 nitrogen and oxygen atoms in total. The summed E-state index contributed by atoms with van der Waals surface area (Å²) in [4.78, 5) is 4.13. The van der Waals surface area contributed by atoms with Crippen molar-refractivity contribution in [3.63, 3.8) is 0 Å². The Labute approximate surface area is 91.1 Å². The fourth-order valence-corrected chi connectivity index (χ4v) is 1.72. The first-order valence-corrected chi connectivity index (χ1v) is 4.82. The Kier molecular flexibility index (Phi) is 2.59. The van der Waals surface area contributed by atoms with Crippen LogP contribution in [0.1, 0.15) is 5.56 Å². The quantitative estimate of drug-likeness (QED) is 0.761. The van der Waals surface area contributed by atoms with Gasteiger partial charge in [-0.05, 0) is 18.2 Å². The molecule has 4 heteroatoms. The number of aliphatic hydroxyl groups excluding tert-OH is 1. The number of fused-ring (bicyclic) bond motifs is 1. The lowest BCUT2D eigenvalue weighted by molar-refractivity contribution is 0.281. The molecule has 0 spiro atoms. The first-order valence-electron chi connectivity index (χ1n) is 4.07. The minimum atomic E-state index is -0.132. The highest BCUT2D eigenvalue weighted by molar-refractivity contribution is 6.36. The van der Waals surface area contributed by atoms with Gasteiger partial charge in [-0.1, -0.05) is 29.3 Å². The van der Waals surface area contributed by atoms with Crippen molar-refractivity contribution in [2.45, 2.75) is 6.61 Å². The molecule has 0 aliphatic heterocycles. The molecule has 0 fully saturated rings. The fraction of sp³-hybridized carbons (Fsp3) is 0.100. The van der Waals surface area contributed by atoms with Crippen LogP contribution in [0.4, 0.5) is 0 Å². The van der Waals surface area contributed by atoms with E-state index >= 15 is 0 Å². The van der Waals surface area contributed by atoms with Gasteiger partial charge in [0.1, 0.15) is 5.15 Å². The van der Waals surface area contributed by atoms with Gasteiger partial charge in [0.05, 0.1) is 12.1 Å². The molecule has 1 aromatic heterocycles. The minimum absolute atomic E-state index is 0.132. The summed E-state index contributed by atoms with van der Waals surface area (Å²) in [6, 6.07) is 7.18. The third-order valence-electron chi connectivity index (χ3n) is 2.00. The first-order chi connectivity index (χ1) is 6.72. The Bertz CT molecular complexity index is 485. The van der Waals surface area contributed by atoms with E-state index in [9.17, 15) is 0 Å². The highest BCUT2D eigenvalue weighted by Gasteiger charge is 2.05. The molecule has 0 unspecified atom stereocenters. The van der Waals surface area contributed by atoms with Crippen molar-refractivity contribution < 1.29 is 5.11 Å². The van der Waals surface area contributed by atoms with Gasteiger partial charge in [-0.15, -0.1) is 0 Å². The maximum Gasteiger partial charge on any atom is 0.135 e. The average Bonchev–Trinajstić information content (AvgIpc) is 2.17. The summed E-state index contributed by atoms with van der Waals surface area (Å²) >= 11 is 11.8. The molecule has 0 aliphatic rings. The van der Waals surface area contributed by atoms with Crippen LogP contribution in [-0.4, -0.2) is 10.1 Å². The number of aromatic nitrogens is 1. The second kappa shape index (κ2) is 3.73. The van der Waals surface area contributed by atoms with Crippen molar-refractivity contribution in [1.29, 1.82) is 0 Å². The molecule has 2 aromatic rings. The number of benzene rings is 1. The predicted octanol–water partition coefficient (Wildman–Crippen LogP) is 3.03. The second-order valence-corrected chi connectivity index (χ2v) is 3.67. The van der Waals surface area contributed by atoms with Gasteiger partial charge in [0.15, 0.2) is 0 Å². The summed E-state index contributed by atoms with van der Waals surface area (Å²) in [7, 11) is 0. The highest BCUT2D eigenvalue weighted by Crippen LogP contribution is 2.26. The predicted molar refractivity (Wildman–Crippen MR) is 57.7 cm³/mol. The zero-order valence-corrected chi connectivity index (χ0v) is 8.68. The molecular formula is C10H7Cl2NO. The minimum Gasteiger partial charge on any atom is -0.392 e. The fourth-order valence-electron chi connectivity index (χ4n) is 1.29. The SMILES string of the molecule is OCc1cc2c(Cl)cccc2nc1Cl. The normalized spacial score (nSPS) is 10.8. The van der Waals surface area contributed by atoms with Gasteiger partial charge in [-0.3, -0.25) is 0 Å². The summed E-state index contributed by atoms with van der Waals surface area (Å²) in [6.07, 6.45) is 0. The van der Waals surface area contributed by atoms with Crippen LogP contribution in [0, 0.1) is 0 Å². The molecule has 1 heterocycles. The number of halogens is 2. The Morgan fingerprint density at radius 2 is 2.07 bits per heavy atom. The van der Waals surface area contributed by atoms with Crippen molar-refractivity contribution in [1.82, 2.24) is 4.98 Å². The molecule has 14 heavy (non-hydrogen) atoms. The van der Waals surface area contributed by atoms with Crippen LogP contribution in [0.25, 0.3) is 10.9 Å². The highest BCUT2D eigenvalue weighted by atomic mass is 35.5. The maximum absolute atomic E-state index is 9.00. The van der Waals surface area contributed by atoms with Crippen LogP contribution in [0.5, 0.6) is 0 Å². The molecule has 0 aliphatic carbocycles. The van der Waals surface area contributed by atoms with Crippen LogP contribution >= 0.6 is 23.2 Å². The first kappa shape index (κ1) is 9.71. The number of hydrogen-bond donors (Lipinski definition) is 1. The van der Waals surface area contributed by atoms with Crippen molar-refractivity contribution in [3.05, 3.63) is 40.0 Å². The zero-order chi connectivity index (χ0) is 10.1. The van der Waals surface area contributed by atoms with Crippen LogP contribution < -0.4 is 0 Å². The molecule has 0 saturated heterocycles. The number of nitrogens with zero attached hydrogens (tertiary/aromatic N) is 1. The van der Waals surface area contributed by atoms with E-state index < -0.39 is 0 Å². The van der Waals surface area contributed by atoms with Crippen LogP contribution in [-0.2, 0) is 6.61 Å². The molecule has 1 aromatic carbocycles. The van der Waals surface area contributed by atoms with E-state index in [4.69, 9.17) is 28.3 Å². The van der Waals surface area contributed by atoms with Gasteiger partial charge in [-0.2, -0.15) is 0 Å². The number of aliphatic hydroxyl groups is 1. The number of pyridine rings is 1. The second-order valence-electron chi connectivity index (χ2n) is 2.90. The Hall–Kier alpha value is -0.830. The lowest BCUT2D eigenvalue weighted by atomic mass is 10.2. The van der Waals surface area contributed by atoms with Crippen molar-refractivity contribution >= 4 is 34.1 Å². The summed E-state index contributed by atoms with van der Waals surface area (Å²) in [6.45, 7) is -0.132. The summed E-state index contributed by atoms with van der Waals surface area (Å²) < 4.78 is 0. The standard InChI is InChI=1S/C10H7Cl2NO/c11-8-2-1-3-9-7(8)4-6(5-14)10(12)13-9/h1-4,14H,5H2. The van der Waals surface area contributed by atoms with Crippen molar-refractivity contribution in [2.24, 2.45) is 0 Å². The maximum atomic E-state index is 9.00. The lowest BCUT2D eigenvalue weighted by Crippen LogP contribution is -1.89. The largest absolute Gasteiger partial charge is 0.392 e. The topological polar surface area (TPSA) is 33.1 Å². The van der Waals surface area contributed by atoms with E-state index in [-0.39, 0.29) is 6.61 Å². The molecule has 2 rings (SSSR count). The van der Waals surface area contributed by atoms with E-state index in [1.54, 1.807) is 12.1 Å². The lowest BCUT2D eigenvalue weighted by Gasteiger charge is -2.04. The molecule has 72 valence electrons. The molecule has 0 saturated carbocycles. The Morgan fingerprint density at radius 1 is 1.29 bits per heavy atom.